The first-order chi connectivity index (χ1) is 10.4. The summed E-state index contributed by atoms with van der Waals surface area (Å²) in [6.07, 6.45) is 1.43. The Morgan fingerprint density at radius 3 is 2.86 bits per heavy atom. The largest absolute Gasteiger partial charge is 0.326 e. The van der Waals surface area contributed by atoms with Gasteiger partial charge in [-0.25, -0.2) is 14.2 Å². The van der Waals surface area contributed by atoms with Crippen molar-refractivity contribution in [1.29, 1.82) is 0 Å². The Balaban J connectivity index is 1.95. The number of rotatable bonds is 5. The molecule has 1 saturated heterocycles. The fourth-order valence-corrected chi connectivity index (χ4v) is 3.34. The summed E-state index contributed by atoms with van der Waals surface area (Å²) >= 11 is 1.58. The first-order valence-electron chi connectivity index (χ1n) is 7.63. The SMILES string of the molecule is CC(C)N(C)C(=O)N(C)C[C@@H]1C[C@H](F)CN1Cc1nccs1. The van der Waals surface area contributed by atoms with Gasteiger partial charge in [0.05, 0.1) is 6.54 Å². The van der Waals surface area contributed by atoms with E-state index >= 15 is 0 Å². The lowest BCUT2D eigenvalue weighted by molar-refractivity contribution is 0.142. The Morgan fingerprint density at radius 2 is 2.27 bits per heavy atom. The van der Waals surface area contributed by atoms with Crippen molar-refractivity contribution in [1.82, 2.24) is 19.7 Å². The van der Waals surface area contributed by atoms with Crippen LogP contribution in [0.3, 0.4) is 0 Å². The molecule has 1 aromatic heterocycles. The zero-order valence-corrected chi connectivity index (χ0v) is 14.5. The Morgan fingerprint density at radius 1 is 1.55 bits per heavy atom. The van der Waals surface area contributed by atoms with Crippen molar-refractivity contribution >= 4 is 17.4 Å². The Kier molecular flexibility index (Phi) is 5.74. The van der Waals surface area contributed by atoms with E-state index in [2.05, 4.69) is 9.88 Å². The third kappa shape index (κ3) is 4.16. The second-order valence-corrected chi connectivity index (χ2v) is 7.19. The van der Waals surface area contributed by atoms with Gasteiger partial charge in [-0.15, -0.1) is 11.3 Å². The molecule has 1 aliphatic heterocycles. The highest BCUT2D eigenvalue weighted by Crippen LogP contribution is 2.24. The van der Waals surface area contributed by atoms with Crippen LogP contribution in [0, 0.1) is 0 Å². The molecular weight excluding hydrogens is 303 g/mol. The molecule has 1 aromatic rings. The van der Waals surface area contributed by atoms with E-state index in [9.17, 15) is 9.18 Å². The first-order valence-corrected chi connectivity index (χ1v) is 8.50. The van der Waals surface area contributed by atoms with Crippen LogP contribution in [0.4, 0.5) is 9.18 Å². The standard InChI is InChI=1S/C15H25FN4OS/c1-11(2)19(4)15(21)18(3)9-13-7-12(16)8-20(13)10-14-17-5-6-22-14/h5-6,11-13H,7-10H2,1-4H3/t12-,13-/m0/s1. The van der Waals surface area contributed by atoms with Crippen LogP contribution in [0.2, 0.25) is 0 Å². The lowest BCUT2D eigenvalue weighted by Crippen LogP contribution is -2.47. The number of likely N-dealkylation sites (N-methyl/N-ethyl adjacent to an activating group) is 1. The molecule has 22 heavy (non-hydrogen) atoms. The van der Waals surface area contributed by atoms with Gasteiger partial charge in [-0.3, -0.25) is 4.90 Å². The molecule has 1 fully saturated rings. The number of likely N-dealkylation sites (tertiary alicyclic amines) is 1. The van der Waals surface area contributed by atoms with Gasteiger partial charge in [0.15, 0.2) is 0 Å². The van der Waals surface area contributed by atoms with Gasteiger partial charge in [0.25, 0.3) is 0 Å². The van der Waals surface area contributed by atoms with Crippen LogP contribution >= 0.6 is 11.3 Å². The third-order valence-electron chi connectivity index (χ3n) is 4.19. The predicted molar refractivity (Wildman–Crippen MR) is 86.8 cm³/mol. The van der Waals surface area contributed by atoms with E-state index in [-0.39, 0.29) is 18.1 Å². The average molecular weight is 328 g/mol. The van der Waals surface area contributed by atoms with Gasteiger partial charge in [0.1, 0.15) is 11.2 Å². The van der Waals surface area contributed by atoms with Gasteiger partial charge in [-0.05, 0) is 20.3 Å². The summed E-state index contributed by atoms with van der Waals surface area (Å²) in [4.78, 5) is 22.1. The highest BCUT2D eigenvalue weighted by Gasteiger charge is 2.34. The van der Waals surface area contributed by atoms with E-state index in [4.69, 9.17) is 0 Å². The summed E-state index contributed by atoms with van der Waals surface area (Å²) in [7, 11) is 3.58. The number of thiazole rings is 1. The van der Waals surface area contributed by atoms with Crippen LogP contribution in [0.1, 0.15) is 25.3 Å². The van der Waals surface area contributed by atoms with Gasteiger partial charge in [0, 0.05) is 50.8 Å². The van der Waals surface area contributed by atoms with Crippen molar-refractivity contribution in [2.45, 2.75) is 45.1 Å². The molecule has 0 aromatic carbocycles. The van der Waals surface area contributed by atoms with E-state index < -0.39 is 6.17 Å². The smallest absolute Gasteiger partial charge is 0.319 e. The Hall–Kier alpha value is -1.21. The van der Waals surface area contributed by atoms with Crippen LogP contribution in [0.15, 0.2) is 11.6 Å². The van der Waals surface area contributed by atoms with Crippen LogP contribution in [0.25, 0.3) is 0 Å². The number of nitrogens with zero attached hydrogens (tertiary/aromatic N) is 4. The summed E-state index contributed by atoms with van der Waals surface area (Å²) < 4.78 is 13.8. The Bertz CT molecular complexity index is 482. The molecule has 5 nitrogen and oxygen atoms in total. The molecule has 2 rings (SSSR count). The van der Waals surface area contributed by atoms with Gasteiger partial charge in [-0.1, -0.05) is 0 Å². The monoisotopic (exact) mass is 328 g/mol. The van der Waals surface area contributed by atoms with Crippen molar-refractivity contribution < 1.29 is 9.18 Å². The van der Waals surface area contributed by atoms with E-state index in [1.807, 2.05) is 19.2 Å². The summed E-state index contributed by atoms with van der Waals surface area (Å²) in [5.74, 6) is 0. The average Bonchev–Trinajstić information content (AvgIpc) is 3.07. The maximum atomic E-state index is 13.8. The zero-order valence-electron chi connectivity index (χ0n) is 13.7. The van der Waals surface area contributed by atoms with Crippen molar-refractivity contribution in [3.8, 4) is 0 Å². The molecule has 0 radical (unpaired) electrons. The molecular formula is C15H25FN4OS. The van der Waals surface area contributed by atoms with Crippen molar-refractivity contribution in [2.24, 2.45) is 0 Å². The number of alkyl halides is 1. The van der Waals surface area contributed by atoms with E-state index in [0.29, 0.717) is 26.1 Å². The van der Waals surface area contributed by atoms with Crippen LogP contribution < -0.4 is 0 Å². The molecule has 124 valence electrons. The molecule has 2 amide bonds. The maximum Gasteiger partial charge on any atom is 0.319 e. The molecule has 0 saturated carbocycles. The van der Waals surface area contributed by atoms with Crippen LogP contribution in [0.5, 0.6) is 0 Å². The second-order valence-electron chi connectivity index (χ2n) is 6.21. The minimum Gasteiger partial charge on any atom is -0.326 e. The summed E-state index contributed by atoms with van der Waals surface area (Å²) in [6, 6.07) is 0.179. The minimum atomic E-state index is -0.823. The van der Waals surface area contributed by atoms with Crippen LogP contribution in [-0.4, -0.2) is 71.2 Å². The summed E-state index contributed by atoms with van der Waals surface area (Å²) in [6.45, 7) is 5.58. The summed E-state index contributed by atoms with van der Waals surface area (Å²) in [5, 5.41) is 2.92. The topological polar surface area (TPSA) is 39.7 Å². The quantitative estimate of drug-likeness (QED) is 0.833. The lowest BCUT2D eigenvalue weighted by atomic mass is 10.2. The zero-order chi connectivity index (χ0) is 16.3. The van der Waals surface area contributed by atoms with Gasteiger partial charge in [-0.2, -0.15) is 0 Å². The second kappa shape index (κ2) is 7.37. The van der Waals surface area contributed by atoms with E-state index in [0.717, 1.165) is 5.01 Å². The van der Waals surface area contributed by atoms with E-state index in [1.54, 1.807) is 41.4 Å². The normalized spacial score (nSPS) is 22.3. The molecule has 2 heterocycles. The van der Waals surface area contributed by atoms with Gasteiger partial charge >= 0.3 is 6.03 Å². The van der Waals surface area contributed by atoms with Crippen molar-refractivity contribution in [3.05, 3.63) is 16.6 Å². The van der Waals surface area contributed by atoms with Gasteiger partial charge in [0.2, 0.25) is 0 Å². The number of halogens is 1. The molecule has 0 bridgehead atoms. The fourth-order valence-electron chi connectivity index (χ4n) is 2.70. The number of hydrogen-bond donors (Lipinski definition) is 0. The number of aromatic nitrogens is 1. The fraction of sp³-hybridized carbons (Fsp3) is 0.733. The number of carbonyl (C=O) groups is 1. The minimum absolute atomic E-state index is 0.0218. The molecule has 1 aliphatic rings. The molecule has 0 N–H and O–H groups in total. The Labute approximate surface area is 135 Å². The maximum absolute atomic E-state index is 13.8. The molecule has 2 atom stereocenters. The molecule has 7 heteroatoms. The van der Waals surface area contributed by atoms with Crippen LogP contribution in [-0.2, 0) is 6.54 Å². The first kappa shape index (κ1) is 17.1. The highest BCUT2D eigenvalue weighted by atomic mass is 32.1. The molecule has 0 aliphatic carbocycles. The van der Waals surface area contributed by atoms with Crippen molar-refractivity contribution in [3.63, 3.8) is 0 Å². The predicted octanol–water partition coefficient (Wildman–Crippen LogP) is 2.45. The lowest BCUT2D eigenvalue weighted by Gasteiger charge is -2.32. The number of urea groups is 1. The molecule has 0 unspecified atom stereocenters. The summed E-state index contributed by atoms with van der Waals surface area (Å²) in [5.41, 5.74) is 0. The van der Waals surface area contributed by atoms with Gasteiger partial charge < -0.3 is 9.80 Å². The molecule has 0 spiro atoms. The van der Waals surface area contributed by atoms with E-state index in [1.165, 1.54) is 0 Å². The van der Waals surface area contributed by atoms with Crippen molar-refractivity contribution in [2.75, 3.05) is 27.2 Å². The number of carbonyl (C=O) groups excluding carboxylic acids is 1. The highest BCUT2D eigenvalue weighted by molar-refractivity contribution is 7.09. The third-order valence-corrected chi connectivity index (χ3v) is 4.95. The number of amides is 2. The number of hydrogen-bond acceptors (Lipinski definition) is 4.